The molecular formula is C17H25N3O. The molecule has 3 rings (SSSR count). The highest BCUT2D eigenvalue weighted by atomic mass is 16.1. The number of ketones is 1. The van der Waals surface area contributed by atoms with Crippen LogP contribution in [0.5, 0.6) is 0 Å². The third kappa shape index (κ3) is 2.69. The first-order chi connectivity index (χ1) is 10.0. The second-order valence-electron chi connectivity index (χ2n) is 6.77. The number of hydrogen-bond acceptors (Lipinski definition) is 4. The number of hydrogen-bond donors (Lipinski definition) is 0. The molecule has 0 saturated carbocycles. The van der Waals surface area contributed by atoms with Crippen LogP contribution >= 0.6 is 0 Å². The first-order valence-corrected chi connectivity index (χ1v) is 7.97. The summed E-state index contributed by atoms with van der Waals surface area (Å²) in [4.78, 5) is 21.3. The molecule has 0 aromatic carbocycles. The van der Waals surface area contributed by atoms with Gasteiger partial charge in [-0.25, -0.2) is 4.98 Å². The predicted octanol–water partition coefficient (Wildman–Crippen LogP) is 2.51. The normalized spacial score (nSPS) is 21.4. The van der Waals surface area contributed by atoms with Crippen molar-refractivity contribution in [2.45, 2.75) is 33.1 Å². The van der Waals surface area contributed by atoms with E-state index in [4.69, 9.17) is 0 Å². The van der Waals surface area contributed by atoms with E-state index >= 15 is 0 Å². The molecule has 4 heteroatoms. The molecule has 3 heterocycles. The molecule has 4 nitrogen and oxygen atoms in total. The molecule has 21 heavy (non-hydrogen) atoms. The van der Waals surface area contributed by atoms with E-state index < -0.39 is 0 Å². The molecule has 1 aromatic rings. The number of carbonyl (C=O) groups is 1. The summed E-state index contributed by atoms with van der Waals surface area (Å²) in [6.45, 7) is 8.57. The maximum atomic E-state index is 11.9. The van der Waals surface area contributed by atoms with Crippen molar-refractivity contribution in [1.82, 2.24) is 9.88 Å². The van der Waals surface area contributed by atoms with Gasteiger partial charge in [0.1, 0.15) is 11.5 Å². The largest absolute Gasteiger partial charge is 0.356 e. The summed E-state index contributed by atoms with van der Waals surface area (Å²) in [5.41, 5.74) is 2.34. The highest BCUT2D eigenvalue weighted by Gasteiger charge is 2.43. The molecule has 1 spiro atoms. The van der Waals surface area contributed by atoms with Gasteiger partial charge in [-0.15, -0.1) is 0 Å². The van der Waals surface area contributed by atoms with Crippen LogP contribution in [0.1, 0.15) is 42.2 Å². The second-order valence-corrected chi connectivity index (χ2v) is 6.77. The molecule has 0 aliphatic carbocycles. The van der Waals surface area contributed by atoms with Gasteiger partial charge in [0.15, 0.2) is 5.78 Å². The molecule has 0 atom stereocenters. The van der Waals surface area contributed by atoms with Crippen LogP contribution in [-0.4, -0.2) is 48.9 Å². The lowest BCUT2D eigenvalue weighted by molar-refractivity contribution is 0.00119. The van der Waals surface area contributed by atoms with Gasteiger partial charge in [0.25, 0.3) is 0 Å². The Bertz CT molecular complexity index is 539. The van der Waals surface area contributed by atoms with Gasteiger partial charge in [0.05, 0.1) is 0 Å². The van der Waals surface area contributed by atoms with Crippen molar-refractivity contribution in [2.75, 3.05) is 38.1 Å². The summed E-state index contributed by atoms with van der Waals surface area (Å²) < 4.78 is 0. The third-order valence-electron chi connectivity index (χ3n) is 5.01. The molecule has 0 bridgehead atoms. The van der Waals surface area contributed by atoms with E-state index in [1.165, 1.54) is 31.5 Å². The van der Waals surface area contributed by atoms with Crippen molar-refractivity contribution in [2.24, 2.45) is 5.41 Å². The predicted molar refractivity (Wildman–Crippen MR) is 85.0 cm³/mol. The quantitative estimate of drug-likeness (QED) is 0.800. The van der Waals surface area contributed by atoms with Crippen LogP contribution in [0.25, 0.3) is 0 Å². The van der Waals surface area contributed by atoms with E-state index in [0.29, 0.717) is 17.5 Å². The summed E-state index contributed by atoms with van der Waals surface area (Å²) in [6.07, 6.45) is 3.00. The van der Waals surface area contributed by atoms with Gasteiger partial charge in [-0.1, -0.05) is 13.0 Å². The van der Waals surface area contributed by atoms with E-state index in [-0.39, 0.29) is 5.78 Å². The van der Waals surface area contributed by atoms with Crippen molar-refractivity contribution < 1.29 is 4.79 Å². The minimum Gasteiger partial charge on any atom is -0.356 e. The smallest absolute Gasteiger partial charge is 0.180 e. The zero-order valence-corrected chi connectivity index (χ0v) is 13.4. The Kier molecular flexibility index (Phi) is 3.74. The fourth-order valence-electron chi connectivity index (χ4n) is 3.78. The molecule has 2 saturated heterocycles. The SMILES string of the molecule is CCC(=O)c1ccc(C)c(N2CCC3(CC2)CN(C)C3)n1. The van der Waals surface area contributed by atoms with Crippen molar-refractivity contribution in [3.63, 3.8) is 0 Å². The van der Waals surface area contributed by atoms with Gasteiger partial charge in [-0.05, 0) is 43.9 Å². The molecule has 2 aliphatic rings. The van der Waals surface area contributed by atoms with Crippen molar-refractivity contribution in [1.29, 1.82) is 0 Å². The minimum atomic E-state index is 0.130. The van der Waals surface area contributed by atoms with Gasteiger partial charge >= 0.3 is 0 Å². The fraction of sp³-hybridized carbons (Fsp3) is 0.647. The summed E-state index contributed by atoms with van der Waals surface area (Å²) in [6, 6.07) is 3.89. The zero-order chi connectivity index (χ0) is 15.0. The highest BCUT2D eigenvalue weighted by molar-refractivity contribution is 5.94. The van der Waals surface area contributed by atoms with Gasteiger partial charge in [-0.3, -0.25) is 4.79 Å². The van der Waals surface area contributed by atoms with Crippen LogP contribution in [0, 0.1) is 12.3 Å². The third-order valence-corrected chi connectivity index (χ3v) is 5.01. The number of aromatic nitrogens is 1. The Labute approximate surface area is 127 Å². The molecule has 1 aromatic heterocycles. The van der Waals surface area contributed by atoms with E-state index in [1.807, 2.05) is 19.1 Å². The van der Waals surface area contributed by atoms with Crippen LogP contribution in [0.3, 0.4) is 0 Å². The number of piperidine rings is 1. The van der Waals surface area contributed by atoms with Gasteiger partial charge in [0, 0.05) is 32.6 Å². The van der Waals surface area contributed by atoms with Crippen LogP contribution < -0.4 is 4.90 Å². The monoisotopic (exact) mass is 287 g/mol. The number of anilines is 1. The molecule has 0 radical (unpaired) electrons. The van der Waals surface area contributed by atoms with E-state index in [9.17, 15) is 4.79 Å². The van der Waals surface area contributed by atoms with Crippen LogP contribution in [0.2, 0.25) is 0 Å². The maximum Gasteiger partial charge on any atom is 0.180 e. The van der Waals surface area contributed by atoms with Crippen molar-refractivity contribution in [3.8, 4) is 0 Å². The summed E-state index contributed by atoms with van der Waals surface area (Å²) in [7, 11) is 2.20. The number of aryl methyl sites for hydroxylation is 1. The number of likely N-dealkylation sites (tertiary alicyclic amines) is 1. The average molecular weight is 287 g/mol. The zero-order valence-electron chi connectivity index (χ0n) is 13.4. The Balaban J connectivity index is 1.74. The van der Waals surface area contributed by atoms with Gasteiger partial charge in [0.2, 0.25) is 0 Å². The van der Waals surface area contributed by atoms with Crippen LogP contribution in [-0.2, 0) is 0 Å². The molecule has 0 unspecified atom stereocenters. The minimum absolute atomic E-state index is 0.130. The molecular weight excluding hydrogens is 262 g/mol. The first kappa shape index (κ1) is 14.5. The van der Waals surface area contributed by atoms with Crippen molar-refractivity contribution in [3.05, 3.63) is 23.4 Å². The summed E-state index contributed by atoms with van der Waals surface area (Å²) in [5.74, 6) is 1.14. The highest BCUT2D eigenvalue weighted by Crippen LogP contribution is 2.40. The number of nitrogens with zero attached hydrogens (tertiary/aromatic N) is 3. The molecule has 2 fully saturated rings. The van der Waals surface area contributed by atoms with E-state index in [2.05, 4.69) is 28.8 Å². The Morgan fingerprint density at radius 3 is 2.52 bits per heavy atom. The maximum absolute atomic E-state index is 11.9. The lowest BCUT2D eigenvalue weighted by atomic mass is 9.72. The topological polar surface area (TPSA) is 36.4 Å². The van der Waals surface area contributed by atoms with Crippen LogP contribution in [0.15, 0.2) is 12.1 Å². The summed E-state index contributed by atoms with van der Waals surface area (Å²) >= 11 is 0. The van der Waals surface area contributed by atoms with Gasteiger partial charge in [-0.2, -0.15) is 0 Å². The Hall–Kier alpha value is -1.42. The number of rotatable bonds is 3. The Morgan fingerprint density at radius 2 is 1.95 bits per heavy atom. The number of carbonyl (C=O) groups excluding carboxylic acids is 1. The second kappa shape index (κ2) is 5.41. The molecule has 2 aliphatic heterocycles. The Morgan fingerprint density at radius 1 is 1.29 bits per heavy atom. The number of Topliss-reactive ketones (excluding diaryl/α,β-unsaturated/α-hetero) is 1. The fourth-order valence-corrected chi connectivity index (χ4v) is 3.78. The molecule has 0 N–H and O–H groups in total. The summed E-state index contributed by atoms with van der Waals surface area (Å²) in [5, 5.41) is 0. The van der Waals surface area contributed by atoms with Crippen LogP contribution in [0.4, 0.5) is 5.82 Å². The molecule has 114 valence electrons. The standard InChI is InChI=1S/C17H25N3O/c1-4-15(21)14-6-5-13(2)16(18-14)20-9-7-17(8-10-20)11-19(3)12-17/h5-6H,4,7-12H2,1-3H3. The van der Waals surface area contributed by atoms with E-state index in [0.717, 1.165) is 18.9 Å². The van der Waals surface area contributed by atoms with E-state index in [1.54, 1.807) is 0 Å². The number of pyridine rings is 1. The first-order valence-electron chi connectivity index (χ1n) is 7.97. The lowest BCUT2D eigenvalue weighted by Gasteiger charge is -2.53. The average Bonchev–Trinajstić information content (AvgIpc) is 2.46. The van der Waals surface area contributed by atoms with Gasteiger partial charge < -0.3 is 9.80 Å². The van der Waals surface area contributed by atoms with Crippen molar-refractivity contribution >= 4 is 11.6 Å². The lowest BCUT2D eigenvalue weighted by Crippen LogP contribution is -2.58. The molecule has 0 amide bonds.